The molecule has 3 aromatic carbocycles. The molecule has 0 atom stereocenters. The van der Waals surface area contributed by atoms with Crippen LogP contribution in [0.4, 0.5) is 0 Å². The van der Waals surface area contributed by atoms with Gasteiger partial charge in [0.05, 0.1) is 17.1 Å². The van der Waals surface area contributed by atoms with E-state index in [-0.39, 0.29) is 17.1 Å². The van der Waals surface area contributed by atoms with Gasteiger partial charge in [-0.25, -0.2) is 13.2 Å². The number of carboxylic acid groups (broad SMARTS) is 1. The summed E-state index contributed by atoms with van der Waals surface area (Å²) in [6.45, 7) is 2.76. The van der Waals surface area contributed by atoms with Crippen LogP contribution in [0.3, 0.4) is 0 Å². The summed E-state index contributed by atoms with van der Waals surface area (Å²) in [4.78, 5) is 17.5. The summed E-state index contributed by atoms with van der Waals surface area (Å²) in [6.07, 6.45) is 3.91. The molecular formula is C31H27N3O4S. The molecule has 1 fully saturated rings. The van der Waals surface area contributed by atoms with Crippen molar-refractivity contribution in [2.45, 2.75) is 6.54 Å². The third-order valence-electron chi connectivity index (χ3n) is 7.35. The maximum atomic E-state index is 12.1. The summed E-state index contributed by atoms with van der Waals surface area (Å²) in [5.41, 5.74) is 5.14. The zero-order valence-electron chi connectivity index (χ0n) is 21.2. The Morgan fingerprint density at radius 3 is 2.59 bits per heavy atom. The molecule has 2 aromatic heterocycles. The first kappa shape index (κ1) is 25.0. The Bertz CT molecular complexity index is 1880. The van der Waals surface area contributed by atoms with Gasteiger partial charge in [-0.1, -0.05) is 30.0 Å². The molecule has 6 rings (SSSR count). The van der Waals surface area contributed by atoms with Crippen molar-refractivity contribution in [3.63, 3.8) is 0 Å². The Balaban J connectivity index is 1.27. The second kappa shape index (κ2) is 10.1. The molecule has 1 saturated heterocycles. The van der Waals surface area contributed by atoms with Crippen LogP contribution in [0, 0.1) is 11.8 Å². The van der Waals surface area contributed by atoms with Gasteiger partial charge in [-0.2, -0.15) is 0 Å². The molecule has 5 aromatic rings. The van der Waals surface area contributed by atoms with Crippen LogP contribution >= 0.6 is 0 Å². The average Bonchev–Trinajstić information content (AvgIpc) is 3.57. The normalized spacial score (nSPS) is 15.3. The Morgan fingerprint density at radius 1 is 0.923 bits per heavy atom. The largest absolute Gasteiger partial charge is 0.478 e. The van der Waals surface area contributed by atoms with Crippen LogP contribution in [0.5, 0.6) is 0 Å². The zero-order chi connectivity index (χ0) is 27.0. The molecule has 0 unspecified atom stereocenters. The van der Waals surface area contributed by atoms with Crippen molar-refractivity contribution in [1.29, 1.82) is 0 Å². The SMILES string of the molecule is O=C(O)c1cccc(C#Cc2ccc3c(ccn3CCN3CCS(=O)(=O)CC3)c2)c1-c1ccc2cc[nH]c2c1. The van der Waals surface area contributed by atoms with Gasteiger partial charge >= 0.3 is 5.97 Å². The lowest BCUT2D eigenvalue weighted by Gasteiger charge is -2.26. The van der Waals surface area contributed by atoms with Gasteiger partial charge in [-0.3, -0.25) is 4.90 Å². The molecule has 0 amide bonds. The molecule has 1 aliphatic heterocycles. The third-order valence-corrected chi connectivity index (χ3v) is 8.95. The number of hydrogen-bond acceptors (Lipinski definition) is 4. The first-order chi connectivity index (χ1) is 18.9. The molecular weight excluding hydrogens is 510 g/mol. The zero-order valence-corrected chi connectivity index (χ0v) is 22.0. The topological polar surface area (TPSA) is 95.4 Å². The Labute approximate surface area is 226 Å². The number of carbonyl (C=O) groups is 1. The minimum absolute atomic E-state index is 0.214. The minimum atomic E-state index is -2.88. The second-order valence-electron chi connectivity index (χ2n) is 9.84. The van der Waals surface area contributed by atoms with Crippen molar-refractivity contribution in [2.75, 3.05) is 31.1 Å². The van der Waals surface area contributed by atoms with Crippen LogP contribution in [0.2, 0.25) is 0 Å². The average molecular weight is 538 g/mol. The summed E-state index contributed by atoms with van der Waals surface area (Å²) in [7, 11) is -2.88. The van der Waals surface area contributed by atoms with Gasteiger partial charge in [0.15, 0.2) is 9.84 Å². The molecule has 0 radical (unpaired) electrons. The van der Waals surface area contributed by atoms with E-state index in [1.165, 1.54) is 0 Å². The molecule has 8 heteroatoms. The molecule has 7 nitrogen and oxygen atoms in total. The van der Waals surface area contributed by atoms with Gasteiger partial charge in [-0.05, 0) is 59.5 Å². The van der Waals surface area contributed by atoms with E-state index in [4.69, 9.17) is 0 Å². The molecule has 0 saturated carbocycles. The molecule has 2 N–H and O–H groups in total. The van der Waals surface area contributed by atoms with Crippen molar-refractivity contribution in [3.05, 3.63) is 95.8 Å². The summed E-state index contributed by atoms with van der Waals surface area (Å²) in [5, 5.41) is 12.0. The van der Waals surface area contributed by atoms with Gasteiger partial charge in [0.2, 0.25) is 0 Å². The highest BCUT2D eigenvalue weighted by molar-refractivity contribution is 7.91. The Morgan fingerprint density at radius 2 is 1.77 bits per heavy atom. The standard InChI is InChI=1S/C31H27N3O4S/c35-31(36)27-3-1-2-24(30(27)26-8-7-23-10-12-32-28(23)21-26)6-4-22-5-9-29-25(20-22)11-13-34(29)15-14-33-16-18-39(37,38)19-17-33/h1-3,5,7-13,20-21,32H,14-19H2,(H,35,36). The number of benzene rings is 3. The van der Waals surface area contributed by atoms with E-state index in [0.717, 1.165) is 46.0 Å². The van der Waals surface area contributed by atoms with Crippen molar-refractivity contribution < 1.29 is 18.3 Å². The smallest absolute Gasteiger partial charge is 0.336 e. The number of hydrogen-bond donors (Lipinski definition) is 2. The molecule has 0 spiro atoms. The number of rotatable bonds is 5. The predicted molar refractivity (Wildman–Crippen MR) is 154 cm³/mol. The third kappa shape index (κ3) is 5.19. The fourth-order valence-corrected chi connectivity index (χ4v) is 6.46. The van der Waals surface area contributed by atoms with E-state index >= 15 is 0 Å². The van der Waals surface area contributed by atoms with Crippen LogP contribution in [-0.4, -0.2) is 65.1 Å². The van der Waals surface area contributed by atoms with Gasteiger partial charge in [0.25, 0.3) is 0 Å². The van der Waals surface area contributed by atoms with Gasteiger partial charge in [-0.15, -0.1) is 0 Å². The molecule has 196 valence electrons. The lowest BCUT2D eigenvalue weighted by Crippen LogP contribution is -2.41. The molecule has 3 heterocycles. The van der Waals surface area contributed by atoms with Crippen molar-refractivity contribution in [1.82, 2.24) is 14.5 Å². The minimum Gasteiger partial charge on any atom is -0.478 e. The highest BCUT2D eigenvalue weighted by Crippen LogP contribution is 2.30. The van der Waals surface area contributed by atoms with Crippen LogP contribution < -0.4 is 0 Å². The maximum absolute atomic E-state index is 12.1. The van der Waals surface area contributed by atoms with Crippen LogP contribution in [0.1, 0.15) is 21.5 Å². The number of aromatic amines is 1. The van der Waals surface area contributed by atoms with E-state index in [9.17, 15) is 18.3 Å². The Kier molecular flexibility index (Phi) is 6.47. The monoisotopic (exact) mass is 537 g/mol. The van der Waals surface area contributed by atoms with E-state index in [1.807, 2.05) is 60.9 Å². The van der Waals surface area contributed by atoms with Crippen molar-refractivity contribution >= 4 is 37.6 Å². The van der Waals surface area contributed by atoms with Gasteiger partial charge < -0.3 is 14.7 Å². The maximum Gasteiger partial charge on any atom is 0.336 e. The number of carboxylic acids is 1. The quantitative estimate of drug-likeness (QED) is 0.319. The molecule has 1 aliphatic rings. The lowest BCUT2D eigenvalue weighted by molar-refractivity contribution is 0.0697. The molecule has 0 aliphatic carbocycles. The summed E-state index contributed by atoms with van der Waals surface area (Å²) >= 11 is 0. The number of nitrogens with one attached hydrogen (secondary N) is 1. The van der Waals surface area contributed by atoms with Crippen LogP contribution in [0.25, 0.3) is 32.9 Å². The summed E-state index contributed by atoms with van der Waals surface area (Å²) in [6, 6.07) is 21.2. The number of aromatic nitrogens is 2. The molecule has 39 heavy (non-hydrogen) atoms. The second-order valence-corrected chi connectivity index (χ2v) is 12.1. The number of fused-ring (bicyclic) bond motifs is 2. The number of aromatic carboxylic acids is 1. The molecule has 0 bridgehead atoms. The number of sulfone groups is 1. The first-order valence-electron chi connectivity index (χ1n) is 12.8. The highest BCUT2D eigenvalue weighted by Gasteiger charge is 2.21. The number of H-pyrrole nitrogens is 1. The van der Waals surface area contributed by atoms with E-state index in [2.05, 4.69) is 32.4 Å². The first-order valence-corrected chi connectivity index (χ1v) is 14.7. The Hall–Kier alpha value is -4.32. The summed E-state index contributed by atoms with van der Waals surface area (Å²) < 4.78 is 25.5. The van der Waals surface area contributed by atoms with Gasteiger partial charge in [0, 0.05) is 71.7 Å². The van der Waals surface area contributed by atoms with E-state index in [1.54, 1.807) is 12.1 Å². The van der Waals surface area contributed by atoms with E-state index in [0.29, 0.717) is 24.2 Å². The van der Waals surface area contributed by atoms with Crippen molar-refractivity contribution in [2.24, 2.45) is 0 Å². The van der Waals surface area contributed by atoms with Gasteiger partial charge in [0.1, 0.15) is 0 Å². The van der Waals surface area contributed by atoms with Crippen LogP contribution in [-0.2, 0) is 16.4 Å². The fourth-order valence-electron chi connectivity index (χ4n) is 5.18. The van der Waals surface area contributed by atoms with Crippen LogP contribution in [0.15, 0.2) is 79.1 Å². The van der Waals surface area contributed by atoms with E-state index < -0.39 is 15.8 Å². The number of nitrogens with zero attached hydrogens (tertiary/aromatic N) is 2. The van der Waals surface area contributed by atoms with Crippen molar-refractivity contribution in [3.8, 4) is 23.0 Å². The fraction of sp³-hybridized carbons (Fsp3) is 0.194. The summed E-state index contributed by atoms with van der Waals surface area (Å²) in [5.74, 6) is 5.94. The predicted octanol–water partition coefficient (Wildman–Crippen LogP) is 4.62. The highest BCUT2D eigenvalue weighted by atomic mass is 32.2. The lowest BCUT2D eigenvalue weighted by atomic mass is 9.93.